The molecule has 7 rings (SSSR count). The Balaban J connectivity index is 1.24. The van der Waals surface area contributed by atoms with Gasteiger partial charge in [0, 0.05) is 35.3 Å². The van der Waals surface area contributed by atoms with Gasteiger partial charge in [0.05, 0.1) is 22.8 Å². The summed E-state index contributed by atoms with van der Waals surface area (Å²) in [6.07, 6.45) is 6.90. The number of benzene rings is 2. The summed E-state index contributed by atoms with van der Waals surface area (Å²) in [4.78, 5) is 21.5. The van der Waals surface area contributed by atoms with E-state index < -0.39 is 0 Å². The lowest BCUT2D eigenvalue weighted by Gasteiger charge is -2.08. The van der Waals surface area contributed by atoms with E-state index in [0.717, 1.165) is 27.6 Å². The topological polar surface area (TPSA) is 105 Å². The third-order valence-electron chi connectivity index (χ3n) is 6.44. The van der Waals surface area contributed by atoms with Crippen LogP contribution in [0.25, 0.3) is 56.0 Å². The highest BCUT2D eigenvalue weighted by atomic mass is 19.1. The van der Waals surface area contributed by atoms with E-state index in [1.165, 1.54) is 12.1 Å². The second-order valence-corrected chi connectivity index (χ2v) is 9.03. The van der Waals surface area contributed by atoms with Crippen LogP contribution < -0.4 is 4.74 Å². The molecule has 0 aliphatic carbocycles. The van der Waals surface area contributed by atoms with Crippen molar-refractivity contribution in [3.05, 3.63) is 109 Å². The summed E-state index contributed by atoms with van der Waals surface area (Å²) in [6, 6.07) is 22.1. The molecule has 0 fully saturated rings. The fraction of sp³-hybridized carbons (Fsp3) is 0.0333. The van der Waals surface area contributed by atoms with Gasteiger partial charge in [0.1, 0.15) is 29.4 Å². The van der Waals surface area contributed by atoms with Gasteiger partial charge in [-0.05, 0) is 35.9 Å². The molecule has 8 nitrogen and oxygen atoms in total. The smallest absolute Gasteiger partial charge is 0.181 e. The lowest BCUT2D eigenvalue weighted by atomic mass is 10.1. The van der Waals surface area contributed by atoms with E-state index in [1.807, 2.05) is 54.6 Å². The molecule has 0 radical (unpaired) electrons. The molecule has 2 aromatic carbocycles. The van der Waals surface area contributed by atoms with Gasteiger partial charge in [-0.2, -0.15) is 5.10 Å². The molecule has 5 aromatic heterocycles. The molecule has 9 heteroatoms. The van der Waals surface area contributed by atoms with Crippen molar-refractivity contribution in [3.63, 3.8) is 0 Å². The van der Waals surface area contributed by atoms with Gasteiger partial charge in [-0.1, -0.05) is 42.5 Å². The number of H-pyrrole nitrogens is 2. The summed E-state index contributed by atoms with van der Waals surface area (Å²) in [5, 5.41) is 8.23. The number of aromatic amines is 2. The van der Waals surface area contributed by atoms with Crippen LogP contribution in [0.1, 0.15) is 5.56 Å². The van der Waals surface area contributed by atoms with Gasteiger partial charge in [-0.3, -0.25) is 15.1 Å². The van der Waals surface area contributed by atoms with Crippen molar-refractivity contribution >= 4 is 22.1 Å². The number of ether oxygens (including phenoxy) is 1. The molecule has 0 unspecified atom stereocenters. The molecule has 0 aliphatic heterocycles. The Kier molecular flexibility index (Phi) is 5.51. The van der Waals surface area contributed by atoms with Crippen LogP contribution in [0.3, 0.4) is 0 Å². The normalized spacial score (nSPS) is 11.3. The molecule has 39 heavy (non-hydrogen) atoms. The van der Waals surface area contributed by atoms with Crippen LogP contribution in [0.15, 0.2) is 97.6 Å². The van der Waals surface area contributed by atoms with Crippen molar-refractivity contribution in [3.8, 4) is 39.7 Å². The van der Waals surface area contributed by atoms with Crippen molar-refractivity contribution < 1.29 is 9.13 Å². The molecule has 0 spiro atoms. The number of hydrogen-bond acceptors (Lipinski definition) is 6. The van der Waals surface area contributed by atoms with Crippen molar-refractivity contribution in [2.24, 2.45) is 0 Å². The molecule has 0 saturated carbocycles. The number of rotatable bonds is 6. The predicted molar refractivity (Wildman–Crippen MR) is 146 cm³/mol. The SMILES string of the molecule is Fc1cccc(-c2nccc3[nH]c(-c4[nH]nc5ncc(-c6cncc(OCc7ccccc7)c6)cc45)nc23)c1. The Hall–Kier alpha value is -5.44. The van der Waals surface area contributed by atoms with E-state index in [2.05, 4.69) is 30.1 Å². The molecule has 0 aliphatic rings. The molecule has 7 aromatic rings. The number of hydrogen-bond donors (Lipinski definition) is 2. The number of aromatic nitrogens is 7. The molecule has 188 valence electrons. The first-order valence-electron chi connectivity index (χ1n) is 12.3. The average molecular weight is 514 g/mol. The summed E-state index contributed by atoms with van der Waals surface area (Å²) in [5.74, 6) is 0.915. The zero-order chi connectivity index (χ0) is 26.2. The highest BCUT2D eigenvalue weighted by Gasteiger charge is 2.17. The number of nitrogens with one attached hydrogen (secondary N) is 2. The van der Waals surface area contributed by atoms with E-state index in [0.29, 0.717) is 46.3 Å². The Morgan fingerprint density at radius 1 is 0.821 bits per heavy atom. The molecule has 0 bridgehead atoms. The highest BCUT2D eigenvalue weighted by Crippen LogP contribution is 2.32. The average Bonchev–Trinajstić information content (AvgIpc) is 3.60. The molecular weight excluding hydrogens is 493 g/mol. The van der Waals surface area contributed by atoms with Crippen molar-refractivity contribution in [2.45, 2.75) is 6.61 Å². The minimum absolute atomic E-state index is 0.329. The van der Waals surface area contributed by atoms with Crippen molar-refractivity contribution in [1.29, 1.82) is 0 Å². The first-order chi connectivity index (χ1) is 19.2. The largest absolute Gasteiger partial charge is 0.487 e. The van der Waals surface area contributed by atoms with E-state index >= 15 is 0 Å². The van der Waals surface area contributed by atoms with Crippen molar-refractivity contribution in [2.75, 3.05) is 0 Å². The lowest BCUT2D eigenvalue weighted by Crippen LogP contribution is -1.96. The number of nitrogens with zero attached hydrogens (tertiary/aromatic N) is 5. The van der Waals surface area contributed by atoms with Crippen molar-refractivity contribution in [1.82, 2.24) is 35.1 Å². The van der Waals surface area contributed by atoms with E-state index in [1.54, 1.807) is 30.9 Å². The van der Waals surface area contributed by atoms with Gasteiger partial charge >= 0.3 is 0 Å². The van der Waals surface area contributed by atoms with Crippen LogP contribution in [0.4, 0.5) is 4.39 Å². The summed E-state index contributed by atoms with van der Waals surface area (Å²) in [7, 11) is 0. The number of pyridine rings is 3. The van der Waals surface area contributed by atoms with Crippen LogP contribution in [-0.4, -0.2) is 35.1 Å². The zero-order valence-corrected chi connectivity index (χ0v) is 20.5. The van der Waals surface area contributed by atoms with E-state index in [9.17, 15) is 4.39 Å². The molecule has 0 amide bonds. The van der Waals surface area contributed by atoms with Gasteiger partial charge < -0.3 is 9.72 Å². The van der Waals surface area contributed by atoms with Crippen LogP contribution in [0.2, 0.25) is 0 Å². The maximum Gasteiger partial charge on any atom is 0.181 e. The van der Waals surface area contributed by atoms with Gasteiger partial charge in [0.15, 0.2) is 11.5 Å². The van der Waals surface area contributed by atoms with Gasteiger partial charge in [0.25, 0.3) is 0 Å². The zero-order valence-electron chi connectivity index (χ0n) is 20.5. The molecule has 2 N–H and O–H groups in total. The summed E-state index contributed by atoms with van der Waals surface area (Å²) >= 11 is 0. The molecule has 5 heterocycles. The van der Waals surface area contributed by atoms with Crippen LogP contribution in [0.5, 0.6) is 5.75 Å². The highest BCUT2D eigenvalue weighted by molar-refractivity contribution is 5.96. The second kappa shape index (κ2) is 9.46. The summed E-state index contributed by atoms with van der Waals surface area (Å²) in [5.41, 5.74) is 6.71. The Morgan fingerprint density at radius 3 is 2.62 bits per heavy atom. The predicted octanol–water partition coefficient (Wildman–Crippen LogP) is 6.34. The maximum absolute atomic E-state index is 13.9. The maximum atomic E-state index is 13.9. The van der Waals surface area contributed by atoms with Gasteiger partial charge in [-0.15, -0.1) is 0 Å². The standard InChI is InChI=1S/C30H20FN7O/c31-22-8-4-7-19(11-22)26-28-25(9-10-33-26)35-30(36-28)27-24-13-21(15-34-29(24)38-37-27)20-12-23(16-32-14-20)39-17-18-5-2-1-3-6-18/h1-16H,17H2,(H,35,36)(H,34,37,38). The molecule has 0 saturated heterocycles. The van der Waals surface area contributed by atoms with Crippen LogP contribution in [0, 0.1) is 5.82 Å². The second-order valence-electron chi connectivity index (χ2n) is 9.03. The number of halogens is 1. The Bertz CT molecular complexity index is 1950. The first-order valence-corrected chi connectivity index (χ1v) is 12.3. The minimum Gasteiger partial charge on any atom is -0.487 e. The van der Waals surface area contributed by atoms with E-state index in [4.69, 9.17) is 9.72 Å². The molecular formula is C30H20FN7O. The van der Waals surface area contributed by atoms with Crippen LogP contribution in [-0.2, 0) is 6.61 Å². The Morgan fingerprint density at radius 2 is 1.72 bits per heavy atom. The fourth-order valence-electron chi connectivity index (χ4n) is 4.54. The van der Waals surface area contributed by atoms with Gasteiger partial charge in [0.2, 0.25) is 0 Å². The molecule has 0 atom stereocenters. The Labute approximate surface area is 221 Å². The number of imidazole rings is 1. The van der Waals surface area contributed by atoms with Crippen LogP contribution >= 0.6 is 0 Å². The minimum atomic E-state index is -0.329. The quantitative estimate of drug-likeness (QED) is 0.269. The van der Waals surface area contributed by atoms with Gasteiger partial charge in [-0.25, -0.2) is 14.4 Å². The number of fused-ring (bicyclic) bond motifs is 2. The monoisotopic (exact) mass is 513 g/mol. The third kappa shape index (κ3) is 4.36. The summed E-state index contributed by atoms with van der Waals surface area (Å²) in [6.45, 7) is 0.452. The summed E-state index contributed by atoms with van der Waals surface area (Å²) < 4.78 is 19.9. The first kappa shape index (κ1) is 22.7. The van der Waals surface area contributed by atoms with E-state index in [-0.39, 0.29) is 5.82 Å². The third-order valence-corrected chi connectivity index (χ3v) is 6.44. The fourth-order valence-corrected chi connectivity index (χ4v) is 4.54. The lowest BCUT2D eigenvalue weighted by molar-refractivity contribution is 0.305.